The minimum absolute atomic E-state index is 0.195. The molecule has 122 valence electrons. The Morgan fingerprint density at radius 2 is 2.21 bits per heavy atom. The summed E-state index contributed by atoms with van der Waals surface area (Å²) >= 11 is 0. The summed E-state index contributed by atoms with van der Waals surface area (Å²) in [4.78, 5) is 27.6. The molecule has 0 N–H and O–H groups in total. The van der Waals surface area contributed by atoms with E-state index in [1.54, 1.807) is 49.7 Å². The number of rotatable bonds is 5. The lowest BCUT2D eigenvalue weighted by atomic mass is 10.1. The van der Waals surface area contributed by atoms with E-state index in [2.05, 4.69) is 4.98 Å². The molecule has 0 unspecified atom stereocenters. The van der Waals surface area contributed by atoms with Gasteiger partial charge in [-0.05, 0) is 36.8 Å². The second kappa shape index (κ2) is 6.95. The van der Waals surface area contributed by atoms with Gasteiger partial charge >= 0.3 is 5.97 Å². The van der Waals surface area contributed by atoms with Crippen LogP contribution in [0.15, 0.2) is 48.5 Å². The third kappa shape index (κ3) is 3.43. The van der Waals surface area contributed by atoms with Gasteiger partial charge in [-0.1, -0.05) is 6.07 Å². The first-order valence-corrected chi connectivity index (χ1v) is 7.44. The van der Waals surface area contributed by atoms with Gasteiger partial charge < -0.3 is 14.2 Å². The Kier molecular flexibility index (Phi) is 4.56. The number of hydrogen-bond acceptors (Lipinski definition) is 6. The van der Waals surface area contributed by atoms with Crippen molar-refractivity contribution in [3.8, 4) is 11.5 Å². The number of aromatic nitrogens is 1. The first kappa shape index (κ1) is 15.7. The number of ketones is 1. The molecule has 6 nitrogen and oxygen atoms in total. The summed E-state index contributed by atoms with van der Waals surface area (Å²) in [5.41, 5.74) is 1.22. The van der Waals surface area contributed by atoms with Crippen molar-refractivity contribution >= 4 is 17.8 Å². The molecule has 24 heavy (non-hydrogen) atoms. The van der Waals surface area contributed by atoms with Crippen molar-refractivity contribution in [1.82, 2.24) is 4.98 Å². The Labute approximate surface area is 138 Å². The Morgan fingerprint density at radius 3 is 2.96 bits per heavy atom. The van der Waals surface area contributed by atoms with Crippen molar-refractivity contribution in [1.29, 1.82) is 0 Å². The molecule has 0 fully saturated rings. The number of ether oxygens (including phenoxy) is 3. The highest BCUT2D eigenvalue weighted by Gasteiger charge is 2.27. The van der Waals surface area contributed by atoms with Crippen molar-refractivity contribution < 1.29 is 23.8 Å². The fourth-order valence-corrected chi connectivity index (χ4v) is 2.21. The predicted molar refractivity (Wildman–Crippen MR) is 85.7 cm³/mol. The molecule has 0 spiro atoms. The van der Waals surface area contributed by atoms with E-state index in [0.29, 0.717) is 23.7 Å². The molecule has 3 rings (SSSR count). The second-order valence-corrected chi connectivity index (χ2v) is 4.98. The van der Waals surface area contributed by atoms with Gasteiger partial charge in [0.15, 0.2) is 12.4 Å². The van der Waals surface area contributed by atoms with Crippen molar-refractivity contribution in [3.05, 3.63) is 59.6 Å². The molecule has 0 bridgehead atoms. The highest BCUT2D eigenvalue weighted by Crippen LogP contribution is 2.34. The Hall–Kier alpha value is -3.15. The molecule has 1 aliphatic rings. The molecule has 1 aliphatic heterocycles. The van der Waals surface area contributed by atoms with Gasteiger partial charge in [0.05, 0.1) is 12.2 Å². The van der Waals surface area contributed by atoms with Gasteiger partial charge in [-0.25, -0.2) is 4.79 Å². The molecule has 6 heteroatoms. The largest absolute Gasteiger partial charge is 0.482 e. The maximum Gasteiger partial charge on any atom is 0.344 e. The molecule has 0 amide bonds. The van der Waals surface area contributed by atoms with Crippen molar-refractivity contribution in [2.45, 2.75) is 6.92 Å². The molecule has 2 heterocycles. The maximum atomic E-state index is 12.3. The average molecular weight is 325 g/mol. The average Bonchev–Trinajstić information content (AvgIpc) is 2.90. The van der Waals surface area contributed by atoms with Gasteiger partial charge in [0.2, 0.25) is 5.78 Å². The van der Waals surface area contributed by atoms with E-state index in [4.69, 9.17) is 14.2 Å². The van der Waals surface area contributed by atoms with Crippen LogP contribution in [0.2, 0.25) is 0 Å². The molecular formula is C18H15NO5. The standard InChI is InChI=1S/C18H15NO5/c1-2-22-17(20)11-23-13-5-6-14-15(9-13)24-16(18(14)21)8-12-4-3-7-19-10-12/h3-10H,2,11H2,1H3. The van der Waals surface area contributed by atoms with Crippen LogP contribution in [0.4, 0.5) is 0 Å². The summed E-state index contributed by atoms with van der Waals surface area (Å²) in [6.45, 7) is 1.83. The smallest absolute Gasteiger partial charge is 0.344 e. The third-order valence-corrected chi connectivity index (χ3v) is 3.29. The number of carbonyl (C=O) groups excluding carboxylic acids is 2. The van der Waals surface area contributed by atoms with E-state index in [0.717, 1.165) is 5.56 Å². The summed E-state index contributed by atoms with van der Waals surface area (Å²) in [6.07, 6.45) is 4.93. The van der Waals surface area contributed by atoms with Gasteiger partial charge in [0.25, 0.3) is 0 Å². The first-order chi connectivity index (χ1) is 11.7. The fraction of sp³-hybridized carbons (Fsp3) is 0.167. The van der Waals surface area contributed by atoms with E-state index >= 15 is 0 Å². The highest BCUT2D eigenvalue weighted by molar-refractivity contribution is 6.14. The van der Waals surface area contributed by atoms with E-state index < -0.39 is 5.97 Å². The fourth-order valence-electron chi connectivity index (χ4n) is 2.21. The van der Waals surface area contributed by atoms with Crippen molar-refractivity contribution in [2.24, 2.45) is 0 Å². The maximum absolute atomic E-state index is 12.3. The molecular weight excluding hydrogens is 310 g/mol. The van der Waals surface area contributed by atoms with Crippen LogP contribution in [-0.2, 0) is 9.53 Å². The molecule has 1 aromatic carbocycles. The van der Waals surface area contributed by atoms with Crippen LogP contribution < -0.4 is 9.47 Å². The second-order valence-electron chi connectivity index (χ2n) is 4.98. The summed E-state index contributed by atoms with van der Waals surface area (Å²) < 4.78 is 15.7. The Morgan fingerprint density at radius 1 is 1.33 bits per heavy atom. The zero-order chi connectivity index (χ0) is 16.9. The van der Waals surface area contributed by atoms with E-state index in [9.17, 15) is 9.59 Å². The normalized spacial score (nSPS) is 14.2. The molecule has 0 aliphatic carbocycles. The Balaban J connectivity index is 1.74. The number of hydrogen-bond donors (Lipinski definition) is 0. The van der Waals surface area contributed by atoms with Crippen LogP contribution in [0.5, 0.6) is 11.5 Å². The van der Waals surface area contributed by atoms with Crippen LogP contribution >= 0.6 is 0 Å². The highest BCUT2D eigenvalue weighted by atomic mass is 16.6. The zero-order valence-corrected chi connectivity index (χ0v) is 13.0. The van der Waals surface area contributed by atoms with Crippen LogP contribution in [-0.4, -0.2) is 30.0 Å². The number of fused-ring (bicyclic) bond motifs is 1. The van der Waals surface area contributed by atoms with E-state index in [1.165, 1.54) is 0 Å². The lowest BCUT2D eigenvalue weighted by molar-refractivity contribution is -0.145. The third-order valence-electron chi connectivity index (χ3n) is 3.29. The molecule has 0 atom stereocenters. The minimum atomic E-state index is -0.452. The SMILES string of the molecule is CCOC(=O)COc1ccc2c(c1)OC(=Cc1cccnc1)C2=O. The van der Waals surface area contributed by atoms with Gasteiger partial charge in [0.1, 0.15) is 11.5 Å². The Bertz CT molecular complexity index is 798. The van der Waals surface area contributed by atoms with Crippen LogP contribution in [0.1, 0.15) is 22.8 Å². The zero-order valence-electron chi connectivity index (χ0n) is 13.0. The molecule has 0 saturated heterocycles. The molecule has 1 aromatic heterocycles. The lowest BCUT2D eigenvalue weighted by Crippen LogP contribution is -2.14. The number of carbonyl (C=O) groups is 2. The van der Waals surface area contributed by atoms with Crippen LogP contribution in [0, 0.1) is 0 Å². The molecule has 0 saturated carbocycles. The van der Waals surface area contributed by atoms with Gasteiger partial charge in [-0.15, -0.1) is 0 Å². The predicted octanol–water partition coefficient (Wildman–Crippen LogP) is 2.64. The van der Waals surface area contributed by atoms with Gasteiger partial charge in [-0.3, -0.25) is 9.78 Å². The summed E-state index contributed by atoms with van der Waals surface area (Å²) in [5, 5.41) is 0. The number of nitrogens with zero attached hydrogens (tertiary/aromatic N) is 1. The van der Waals surface area contributed by atoms with Crippen molar-refractivity contribution in [3.63, 3.8) is 0 Å². The van der Waals surface area contributed by atoms with E-state index in [1.807, 2.05) is 6.07 Å². The number of pyridine rings is 1. The van der Waals surface area contributed by atoms with Gasteiger partial charge in [-0.2, -0.15) is 0 Å². The first-order valence-electron chi connectivity index (χ1n) is 7.44. The quantitative estimate of drug-likeness (QED) is 0.621. The number of Topliss-reactive ketones (excluding diaryl/α,β-unsaturated/α-hetero) is 1. The van der Waals surface area contributed by atoms with E-state index in [-0.39, 0.29) is 18.1 Å². The number of benzene rings is 1. The minimum Gasteiger partial charge on any atom is -0.482 e. The van der Waals surface area contributed by atoms with Crippen molar-refractivity contribution in [2.75, 3.05) is 13.2 Å². The van der Waals surface area contributed by atoms with Gasteiger partial charge in [0, 0.05) is 18.5 Å². The number of esters is 1. The van der Waals surface area contributed by atoms with Crippen LogP contribution in [0.3, 0.4) is 0 Å². The topological polar surface area (TPSA) is 74.7 Å². The summed E-state index contributed by atoms with van der Waals surface area (Å²) in [6, 6.07) is 8.42. The number of allylic oxidation sites excluding steroid dienone is 1. The summed E-state index contributed by atoms with van der Waals surface area (Å²) in [7, 11) is 0. The summed E-state index contributed by atoms with van der Waals surface area (Å²) in [5.74, 6) is 0.396. The molecule has 0 radical (unpaired) electrons. The monoisotopic (exact) mass is 325 g/mol. The lowest BCUT2D eigenvalue weighted by Gasteiger charge is -2.06. The van der Waals surface area contributed by atoms with Crippen LogP contribution in [0.25, 0.3) is 6.08 Å². The molecule has 2 aromatic rings.